The molecule has 9 nitrogen and oxygen atoms in total. The monoisotopic (exact) mass is 501 g/mol. The van der Waals surface area contributed by atoms with Gasteiger partial charge in [0.05, 0.1) is 13.2 Å². The molecule has 2 amide bonds. The van der Waals surface area contributed by atoms with Gasteiger partial charge in [-0.15, -0.1) is 0 Å². The summed E-state index contributed by atoms with van der Waals surface area (Å²) in [5.41, 5.74) is 6.12. The van der Waals surface area contributed by atoms with E-state index in [9.17, 15) is 19.5 Å². The lowest BCUT2D eigenvalue weighted by atomic mass is 9.88. The van der Waals surface area contributed by atoms with E-state index in [0.29, 0.717) is 38.6 Å². The van der Waals surface area contributed by atoms with Crippen molar-refractivity contribution in [3.05, 3.63) is 48.0 Å². The van der Waals surface area contributed by atoms with Crippen LogP contribution >= 0.6 is 0 Å². The number of nitrogens with two attached hydrogens (primary N) is 1. The number of carboxylic acid groups (broad SMARTS) is 2. The van der Waals surface area contributed by atoms with E-state index in [0.717, 1.165) is 16.3 Å². The normalized spacial score (nSPS) is 14.4. The summed E-state index contributed by atoms with van der Waals surface area (Å²) in [6.45, 7) is 10.1. The fourth-order valence-electron chi connectivity index (χ4n) is 3.51. The van der Waals surface area contributed by atoms with Crippen molar-refractivity contribution in [3.63, 3.8) is 0 Å². The van der Waals surface area contributed by atoms with Gasteiger partial charge in [0.2, 0.25) is 0 Å². The molecule has 0 unspecified atom stereocenters. The molecule has 0 saturated carbocycles. The van der Waals surface area contributed by atoms with Crippen LogP contribution in [0.25, 0.3) is 10.8 Å². The van der Waals surface area contributed by atoms with Gasteiger partial charge in [-0.05, 0) is 28.7 Å². The number of fused-ring (bicyclic) bond motifs is 1. The highest BCUT2D eigenvalue weighted by Gasteiger charge is 2.25. The number of nitrogens with one attached hydrogen (secondary N) is 1. The molecule has 0 bridgehead atoms. The van der Waals surface area contributed by atoms with E-state index in [1.807, 2.05) is 56.3 Å². The van der Waals surface area contributed by atoms with Gasteiger partial charge in [0.15, 0.2) is 0 Å². The van der Waals surface area contributed by atoms with Crippen molar-refractivity contribution in [2.75, 3.05) is 26.3 Å². The fourth-order valence-corrected chi connectivity index (χ4v) is 3.51. The van der Waals surface area contributed by atoms with Gasteiger partial charge in [-0.2, -0.15) is 0 Å². The van der Waals surface area contributed by atoms with E-state index in [-0.39, 0.29) is 12.5 Å². The molecule has 0 spiro atoms. The zero-order valence-electron chi connectivity index (χ0n) is 21.8. The zero-order chi connectivity index (χ0) is 27.1. The van der Waals surface area contributed by atoms with Crippen molar-refractivity contribution in [1.29, 1.82) is 0 Å². The number of carboxylic acids is 2. The minimum absolute atomic E-state index is 0.243. The summed E-state index contributed by atoms with van der Waals surface area (Å²) in [6.07, 6.45) is 0.794. The Labute approximate surface area is 214 Å². The molecule has 0 aromatic heterocycles. The third-order valence-electron chi connectivity index (χ3n) is 5.24. The van der Waals surface area contributed by atoms with Gasteiger partial charge in [0, 0.05) is 19.5 Å². The Morgan fingerprint density at radius 3 is 2.14 bits per heavy atom. The first kappa shape index (κ1) is 30.9. The van der Waals surface area contributed by atoms with Gasteiger partial charge >= 0.3 is 18.0 Å². The Bertz CT molecular complexity index is 960. The second-order valence-corrected chi connectivity index (χ2v) is 9.06. The molecule has 1 saturated heterocycles. The summed E-state index contributed by atoms with van der Waals surface area (Å²) in [5, 5.41) is 22.5. The first-order chi connectivity index (χ1) is 17.1. The Kier molecular flexibility index (Phi) is 14.2. The van der Waals surface area contributed by atoms with Crippen LogP contribution in [-0.4, -0.2) is 78.7 Å². The summed E-state index contributed by atoms with van der Waals surface area (Å²) < 4.78 is 5.21. The standard InChI is InChI=1S/C18H20N2O4.C6H13NO2.C2H7B/c21-17(22)16(19-18(23)20-8-10-24-11-9-20)12-14-6-3-5-13-4-1-2-7-15(13)14;1-4(2)3-5(7)6(8)9;1-3-2/h1-7,16H,8-12H2,(H,19,23)(H,21,22);4-5H,3,7H2,1-2H3,(H,8,9);3H,1-2H3/t16-;5-;/m00./s1. The smallest absolute Gasteiger partial charge is 0.326 e. The van der Waals surface area contributed by atoms with Crippen LogP contribution in [0.1, 0.15) is 25.8 Å². The molecule has 3 rings (SSSR count). The van der Waals surface area contributed by atoms with Crippen molar-refractivity contribution in [2.45, 2.75) is 52.4 Å². The number of hydrogen-bond donors (Lipinski definition) is 4. The number of benzene rings is 2. The second-order valence-electron chi connectivity index (χ2n) is 9.06. The molecule has 0 aliphatic carbocycles. The van der Waals surface area contributed by atoms with Gasteiger partial charge in [0.25, 0.3) is 0 Å². The largest absolute Gasteiger partial charge is 0.480 e. The molecule has 1 fully saturated rings. The van der Waals surface area contributed by atoms with E-state index in [2.05, 4.69) is 19.0 Å². The molecule has 5 N–H and O–H groups in total. The Hall–Kier alpha value is -3.11. The zero-order valence-corrected chi connectivity index (χ0v) is 21.8. The van der Waals surface area contributed by atoms with Gasteiger partial charge in [0.1, 0.15) is 19.4 Å². The number of rotatable bonds is 7. The molecule has 198 valence electrons. The van der Waals surface area contributed by atoms with Crippen LogP contribution in [-0.2, 0) is 20.7 Å². The highest BCUT2D eigenvalue weighted by Crippen LogP contribution is 2.20. The first-order valence-electron chi connectivity index (χ1n) is 12.4. The minimum Gasteiger partial charge on any atom is -0.480 e. The Morgan fingerprint density at radius 2 is 1.61 bits per heavy atom. The molecule has 0 radical (unpaired) electrons. The number of ether oxygens (including phenoxy) is 1. The SMILES string of the molecule is CBC.CC(C)C[C@H](N)C(=O)O.O=C(O)[C@H](Cc1cccc2ccccc12)NC(=O)N1CCOCC1. The summed E-state index contributed by atoms with van der Waals surface area (Å²) in [4.78, 5) is 35.6. The van der Waals surface area contributed by atoms with Gasteiger partial charge < -0.3 is 30.9 Å². The van der Waals surface area contributed by atoms with E-state index in [1.54, 1.807) is 4.90 Å². The maximum atomic E-state index is 12.3. The van der Waals surface area contributed by atoms with Crippen molar-refractivity contribution in [3.8, 4) is 0 Å². The second kappa shape index (κ2) is 16.5. The molecular formula is C26H40BN3O6. The Balaban J connectivity index is 0.000000454. The predicted molar refractivity (Wildman–Crippen MR) is 144 cm³/mol. The molecule has 2 atom stereocenters. The molecule has 10 heteroatoms. The van der Waals surface area contributed by atoms with E-state index in [1.165, 1.54) is 7.28 Å². The minimum atomic E-state index is -1.04. The van der Waals surface area contributed by atoms with Crippen LogP contribution in [0, 0.1) is 5.92 Å². The lowest BCUT2D eigenvalue weighted by Gasteiger charge is -2.28. The van der Waals surface area contributed by atoms with Crippen molar-refractivity contribution >= 4 is 36.0 Å². The van der Waals surface area contributed by atoms with Gasteiger partial charge in [-0.25, -0.2) is 9.59 Å². The Morgan fingerprint density at radius 1 is 1.03 bits per heavy atom. The number of aliphatic carboxylic acids is 2. The average molecular weight is 501 g/mol. The summed E-state index contributed by atoms with van der Waals surface area (Å²) in [5.74, 6) is -1.59. The molecule has 2 aromatic rings. The van der Waals surface area contributed by atoms with Gasteiger partial charge in [-0.1, -0.05) is 70.0 Å². The maximum Gasteiger partial charge on any atom is 0.326 e. The van der Waals surface area contributed by atoms with Crippen LogP contribution in [0.2, 0.25) is 13.6 Å². The number of nitrogens with zero attached hydrogens (tertiary/aromatic N) is 1. The molecule has 1 aliphatic rings. The molecule has 2 aromatic carbocycles. The van der Waals surface area contributed by atoms with E-state index < -0.39 is 24.0 Å². The number of amides is 2. The quantitative estimate of drug-likeness (QED) is 0.428. The van der Waals surface area contributed by atoms with Crippen molar-refractivity contribution < 1.29 is 29.3 Å². The molecular weight excluding hydrogens is 461 g/mol. The summed E-state index contributed by atoms with van der Waals surface area (Å²) in [7, 11) is 1.25. The topological polar surface area (TPSA) is 142 Å². The fraction of sp³-hybridized carbons (Fsp3) is 0.500. The summed E-state index contributed by atoms with van der Waals surface area (Å²) >= 11 is 0. The van der Waals surface area contributed by atoms with Crippen LogP contribution in [0.3, 0.4) is 0 Å². The number of carbonyl (C=O) groups excluding carboxylic acids is 1. The van der Waals surface area contributed by atoms with Crippen LogP contribution < -0.4 is 11.1 Å². The van der Waals surface area contributed by atoms with E-state index >= 15 is 0 Å². The first-order valence-corrected chi connectivity index (χ1v) is 12.4. The lowest BCUT2D eigenvalue weighted by Crippen LogP contribution is -2.51. The number of carbonyl (C=O) groups is 3. The third kappa shape index (κ3) is 11.1. The average Bonchev–Trinajstić information content (AvgIpc) is 2.84. The number of hydrogen-bond acceptors (Lipinski definition) is 5. The third-order valence-corrected chi connectivity index (χ3v) is 5.24. The van der Waals surface area contributed by atoms with E-state index in [4.69, 9.17) is 15.6 Å². The van der Waals surface area contributed by atoms with Crippen molar-refractivity contribution in [2.24, 2.45) is 11.7 Å². The number of urea groups is 1. The van der Waals surface area contributed by atoms with Crippen molar-refractivity contribution in [1.82, 2.24) is 10.2 Å². The molecule has 1 aliphatic heterocycles. The molecule has 36 heavy (non-hydrogen) atoms. The van der Waals surface area contributed by atoms with Gasteiger partial charge in [-0.3, -0.25) is 4.79 Å². The highest BCUT2D eigenvalue weighted by molar-refractivity contribution is 6.31. The number of morpholine rings is 1. The predicted octanol–water partition coefficient (Wildman–Crippen LogP) is 2.84. The highest BCUT2D eigenvalue weighted by atomic mass is 16.5. The maximum absolute atomic E-state index is 12.3. The van der Waals surface area contributed by atoms with Crippen LogP contribution in [0.4, 0.5) is 4.79 Å². The van der Waals surface area contributed by atoms with Crippen LogP contribution in [0.15, 0.2) is 42.5 Å². The summed E-state index contributed by atoms with van der Waals surface area (Å²) in [6, 6.07) is 11.6. The lowest BCUT2D eigenvalue weighted by molar-refractivity contribution is -0.140. The molecule has 1 heterocycles. The van der Waals surface area contributed by atoms with Crippen LogP contribution in [0.5, 0.6) is 0 Å².